The number of anilines is 1. The molecule has 90 valence electrons. The van der Waals surface area contributed by atoms with Crippen molar-refractivity contribution in [3.05, 3.63) is 42.5 Å². The number of urea groups is 1. The predicted octanol–water partition coefficient (Wildman–Crippen LogP) is 2.98. The number of amides is 2. The third kappa shape index (κ3) is 2.61. The Morgan fingerprint density at radius 3 is 2.72 bits per heavy atom. The minimum atomic E-state index is -0.295. The lowest BCUT2D eigenvalue weighted by atomic mass is 10.1. The van der Waals surface area contributed by atoms with Crippen molar-refractivity contribution in [3.8, 4) is 12.3 Å². The van der Waals surface area contributed by atoms with Crippen molar-refractivity contribution < 1.29 is 4.79 Å². The van der Waals surface area contributed by atoms with Gasteiger partial charge in [-0.2, -0.15) is 0 Å². The number of carbonyl (C=O) groups is 1. The van der Waals surface area contributed by atoms with Gasteiger partial charge in [-0.05, 0) is 18.4 Å². The highest BCUT2D eigenvalue weighted by Crippen LogP contribution is 2.22. The molecule has 0 aliphatic carbocycles. The molecule has 1 unspecified atom stereocenters. The SMILES string of the molecule is C#CC(C)NC(=O)Nc1cccc2ccccc12. The first kappa shape index (κ1) is 12.0. The third-order valence-electron chi connectivity index (χ3n) is 2.64. The molecule has 0 heterocycles. The molecule has 3 nitrogen and oxygen atoms in total. The molecule has 0 aliphatic rings. The van der Waals surface area contributed by atoms with Crippen LogP contribution in [-0.2, 0) is 0 Å². The fraction of sp³-hybridized carbons (Fsp3) is 0.133. The van der Waals surface area contributed by atoms with Crippen molar-refractivity contribution in [1.29, 1.82) is 0 Å². The fourth-order valence-electron chi connectivity index (χ4n) is 1.73. The molecule has 0 saturated carbocycles. The zero-order valence-electron chi connectivity index (χ0n) is 10.1. The molecule has 0 fully saturated rings. The second-order valence-corrected chi connectivity index (χ2v) is 4.01. The van der Waals surface area contributed by atoms with E-state index in [0.29, 0.717) is 0 Å². The van der Waals surface area contributed by atoms with Crippen LogP contribution in [0.15, 0.2) is 42.5 Å². The summed E-state index contributed by atoms with van der Waals surface area (Å²) in [4.78, 5) is 11.7. The molecule has 2 amide bonds. The van der Waals surface area contributed by atoms with Crippen LogP contribution >= 0.6 is 0 Å². The van der Waals surface area contributed by atoms with Gasteiger partial charge in [-0.15, -0.1) is 6.42 Å². The van der Waals surface area contributed by atoms with Crippen molar-refractivity contribution in [1.82, 2.24) is 5.32 Å². The number of hydrogen-bond acceptors (Lipinski definition) is 1. The number of benzene rings is 2. The summed E-state index contributed by atoms with van der Waals surface area (Å²) in [5, 5.41) is 7.55. The Kier molecular flexibility index (Phi) is 3.49. The van der Waals surface area contributed by atoms with Gasteiger partial charge in [-0.25, -0.2) is 4.79 Å². The van der Waals surface area contributed by atoms with E-state index in [-0.39, 0.29) is 12.1 Å². The highest BCUT2D eigenvalue weighted by atomic mass is 16.2. The van der Waals surface area contributed by atoms with Gasteiger partial charge >= 0.3 is 6.03 Å². The average Bonchev–Trinajstić information content (AvgIpc) is 2.39. The van der Waals surface area contributed by atoms with Gasteiger partial charge in [0, 0.05) is 5.39 Å². The van der Waals surface area contributed by atoms with Crippen LogP contribution in [-0.4, -0.2) is 12.1 Å². The quantitative estimate of drug-likeness (QED) is 0.776. The fourth-order valence-corrected chi connectivity index (χ4v) is 1.73. The Labute approximate surface area is 106 Å². The van der Waals surface area contributed by atoms with Gasteiger partial charge in [0.25, 0.3) is 0 Å². The maximum absolute atomic E-state index is 11.7. The van der Waals surface area contributed by atoms with E-state index in [1.165, 1.54) is 0 Å². The Balaban J connectivity index is 2.22. The Bertz CT molecular complexity index is 608. The summed E-state index contributed by atoms with van der Waals surface area (Å²) in [5.41, 5.74) is 0.773. The smallest absolute Gasteiger partial charge is 0.320 e. The van der Waals surface area contributed by atoms with Crippen LogP contribution in [0.3, 0.4) is 0 Å². The number of carbonyl (C=O) groups excluding carboxylic acids is 1. The van der Waals surface area contributed by atoms with Crippen LogP contribution in [0.1, 0.15) is 6.92 Å². The van der Waals surface area contributed by atoms with E-state index < -0.39 is 0 Å². The molecule has 0 bridgehead atoms. The van der Waals surface area contributed by atoms with Crippen LogP contribution in [0.4, 0.5) is 10.5 Å². The normalized spacial score (nSPS) is 11.6. The maximum atomic E-state index is 11.7. The molecule has 2 aromatic rings. The number of terminal acetylenes is 1. The summed E-state index contributed by atoms with van der Waals surface area (Å²) in [6.45, 7) is 1.75. The lowest BCUT2D eigenvalue weighted by molar-refractivity contribution is 0.251. The van der Waals surface area contributed by atoms with Gasteiger partial charge in [0.05, 0.1) is 11.7 Å². The maximum Gasteiger partial charge on any atom is 0.320 e. The van der Waals surface area contributed by atoms with E-state index in [9.17, 15) is 4.79 Å². The van der Waals surface area contributed by atoms with Gasteiger partial charge in [0.2, 0.25) is 0 Å². The van der Waals surface area contributed by atoms with Gasteiger partial charge in [0.15, 0.2) is 0 Å². The summed E-state index contributed by atoms with van der Waals surface area (Å²) in [6.07, 6.45) is 5.21. The Hall–Kier alpha value is -2.47. The molecule has 0 spiro atoms. The molecule has 2 rings (SSSR count). The second-order valence-electron chi connectivity index (χ2n) is 4.01. The number of nitrogens with one attached hydrogen (secondary N) is 2. The van der Waals surface area contributed by atoms with E-state index in [4.69, 9.17) is 6.42 Å². The van der Waals surface area contributed by atoms with Gasteiger partial charge in [-0.1, -0.05) is 42.3 Å². The minimum absolute atomic E-state index is 0.292. The van der Waals surface area contributed by atoms with Crippen molar-refractivity contribution >= 4 is 22.5 Å². The van der Waals surface area contributed by atoms with Crippen molar-refractivity contribution in [2.75, 3.05) is 5.32 Å². The monoisotopic (exact) mass is 238 g/mol. The van der Waals surface area contributed by atoms with E-state index in [0.717, 1.165) is 16.5 Å². The molecule has 2 aromatic carbocycles. The number of fused-ring (bicyclic) bond motifs is 1. The van der Waals surface area contributed by atoms with Crippen molar-refractivity contribution in [2.45, 2.75) is 13.0 Å². The molecule has 18 heavy (non-hydrogen) atoms. The summed E-state index contributed by atoms with van der Waals surface area (Å²) < 4.78 is 0. The standard InChI is InChI=1S/C15H14N2O/c1-3-11(2)16-15(18)17-14-10-6-8-12-7-4-5-9-13(12)14/h1,4-11H,2H3,(H2,16,17,18). The Morgan fingerprint density at radius 2 is 1.94 bits per heavy atom. The summed E-state index contributed by atoms with van der Waals surface area (Å²) >= 11 is 0. The molecule has 3 heteroatoms. The predicted molar refractivity (Wildman–Crippen MR) is 74.4 cm³/mol. The molecular formula is C15H14N2O. The zero-order chi connectivity index (χ0) is 13.0. The largest absolute Gasteiger partial charge is 0.325 e. The average molecular weight is 238 g/mol. The molecule has 1 atom stereocenters. The summed E-state index contributed by atoms with van der Waals surface area (Å²) in [5.74, 6) is 2.45. The van der Waals surface area contributed by atoms with E-state index in [1.54, 1.807) is 6.92 Å². The molecule has 0 aliphatic heterocycles. The lowest BCUT2D eigenvalue weighted by Gasteiger charge is -2.11. The molecule has 0 radical (unpaired) electrons. The highest BCUT2D eigenvalue weighted by molar-refractivity contribution is 6.01. The molecule has 0 aromatic heterocycles. The molecule has 2 N–H and O–H groups in total. The van der Waals surface area contributed by atoms with Gasteiger partial charge in [0.1, 0.15) is 0 Å². The lowest BCUT2D eigenvalue weighted by Crippen LogP contribution is -2.35. The first-order valence-electron chi connectivity index (χ1n) is 5.72. The van der Waals surface area contributed by atoms with Crippen molar-refractivity contribution in [3.63, 3.8) is 0 Å². The van der Waals surface area contributed by atoms with Crippen LogP contribution in [0, 0.1) is 12.3 Å². The van der Waals surface area contributed by atoms with Crippen LogP contribution < -0.4 is 10.6 Å². The van der Waals surface area contributed by atoms with E-state index in [1.807, 2.05) is 42.5 Å². The van der Waals surface area contributed by atoms with Crippen LogP contribution in [0.25, 0.3) is 10.8 Å². The number of hydrogen-bond donors (Lipinski definition) is 2. The third-order valence-corrected chi connectivity index (χ3v) is 2.64. The minimum Gasteiger partial charge on any atom is -0.325 e. The zero-order valence-corrected chi connectivity index (χ0v) is 10.1. The number of rotatable bonds is 2. The van der Waals surface area contributed by atoms with Gasteiger partial charge in [-0.3, -0.25) is 0 Å². The van der Waals surface area contributed by atoms with Crippen LogP contribution in [0.5, 0.6) is 0 Å². The first-order valence-corrected chi connectivity index (χ1v) is 5.72. The highest BCUT2D eigenvalue weighted by Gasteiger charge is 2.06. The first-order chi connectivity index (χ1) is 8.70. The topological polar surface area (TPSA) is 41.1 Å². The summed E-state index contributed by atoms with van der Waals surface area (Å²) in [7, 11) is 0. The van der Waals surface area contributed by atoms with Crippen LogP contribution in [0.2, 0.25) is 0 Å². The molecule has 0 saturated heterocycles. The summed E-state index contributed by atoms with van der Waals surface area (Å²) in [6, 6.07) is 13.1. The van der Waals surface area contributed by atoms with E-state index >= 15 is 0 Å². The van der Waals surface area contributed by atoms with Crippen molar-refractivity contribution in [2.24, 2.45) is 0 Å². The Morgan fingerprint density at radius 1 is 1.22 bits per heavy atom. The second kappa shape index (κ2) is 5.24. The van der Waals surface area contributed by atoms with E-state index in [2.05, 4.69) is 16.6 Å². The van der Waals surface area contributed by atoms with Gasteiger partial charge < -0.3 is 10.6 Å². The molecular weight excluding hydrogens is 224 g/mol.